The first-order valence-corrected chi connectivity index (χ1v) is 12.0. The number of halogens is 1. The molecule has 0 radical (unpaired) electrons. The average molecular weight is 455 g/mol. The number of aromatic nitrogens is 1. The summed E-state index contributed by atoms with van der Waals surface area (Å²) in [4.78, 5) is 11.1. The van der Waals surface area contributed by atoms with Gasteiger partial charge >= 0.3 is 5.97 Å². The molecule has 0 unspecified atom stereocenters. The van der Waals surface area contributed by atoms with Crippen molar-refractivity contribution in [3.63, 3.8) is 0 Å². The zero-order chi connectivity index (χ0) is 22.3. The molecule has 30 heavy (non-hydrogen) atoms. The van der Waals surface area contributed by atoms with Crippen LogP contribution in [-0.4, -0.2) is 38.1 Å². The molecule has 3 aromatic rings. The molecule has 1 aromatic carbocycles. The second-order valence-corrected chi connectivity index (χ2v) is 10.5. The highest BCUT2D eigenvalue weighted by Gasteiger charge is 2.28. The van der Waals surface area contributed by atoms with Crippen LogP contribution in [0.2, 0.25) is 0 Å². The monoisotopic (exact) mass is 454 g/mol. The summed E-state index contributed by atoms with van der Waals surface area (Å²) in [6.07, 6.45) is 0.568. The smallest absolute Gasteiger partial charge is 0.307 e. The van der Waals surface area contributed by atoms with Gasteiger partial charge in [0.05, 0.1) is 22.6 Å². The zero-order valence-corrected chi connectivity index (χ0v) is 17.7. The van der Waals surface area contributed by atoms with Gasteiger partial charge in [0.25, 0.3) is 0 Å². The molecule has 0 fully saturated rings. The quantitative estimate of drug-likeness (QED) is 0.566. The predicted octanol–water partition coefficient (Wildman–Crippen LogP) is 2.61. The number of rotatable bonds is 7. The molecule has 0 saturated carbocycles. The van der Waals surface area contributed by atoms with Gasteiger partial charge in [0.1, 0.15) is 10.8 Å². The Morgan fingerprint density at radius 2 is 1.73 bits per heavy atom. The number of hydrogen-bond donors (Lipinski definition) is 2. The van der Waals surface area contributed by atoms with Gasteiger partial charge in [-0.15, -0.1) is 0 Å². The van der Waals surface area contributed by atoms with Crippen LogP contribution in [0.3, 0.4) is 0 Å². The zero-order valence-electron chi connectivity index (χ0n) is 16.1. The maximum atomic E-state index is 13.9. The minimum atomic E-state index is -4.17. The molecule has 0 aliphatic heterocycles. The third kappa shape index (κ3) is 4.03. The summed E-state index contributed by atoms with van der Waals surface area (Å²) in [5.74, 6) is -1.97. The van der Waals surface area contributed by atoms with E-state index in [1.165, 1.54) is 44.2 Å². The molecule has 0 aliphatic carbocycles. The van der Waals surface area contributed by atoms with Crippen LogP contribution in [0.15, 0.2) is 52.5 Å². The van der Waals surface area contributed by atoms with Crippen LogP contribution in [0.5, 0.6) is 0 Å². The summed E-state index contributed by atoms with van der Waals surface area (Å²) in [5, 5.41) is 8.95. The molecule has 0 saturated heterocycles. The molecule has 2 heterocycles. The number of nitrogens with one attached hydrogen (secondary N) is 1. The number of pyridine rings is 1. The summed E-state index contributed by atoms with van der Waals surface area (Å²) in [6, 6.07) is 7.55. The number of carboxylic acid groups (broad SMARTS) is 1. The lowest BCUT2D eigenvalue weighted by molar-refractivity contribution is -0.136. The molecule has 160 valence electrons. The molecule has 0 amide bonds. The highest BCUT2D eigenvalue weighted by molar-refractivity contribution is 7.92. The molecule has 2 N–H and O–H groups in total. The Kier molecular flexibility index (Phi) is 5.61. The molecule has 2 aromatic heterocycles. The van der Waals surface area contributed by atoms with Crippen molar-refractivity contribution >= 4 is 37.0 Å². The van der Waals surface area contributed by atoms with Crippen LogP contribution in [0.4, 0.5) is 10.1 Å². The maximum absolute atomic E-state index is 13.9. The molecule has 11 heteroatoms. The van der Waals surface area contributed by atoms with Crippen molar-refractivity contribution in [1.29, 1.82) is 0 Å². The fourth-order valence-electron chi connectivity index (χ4n) is 3.16. The first-order valence-electron chi connectivity index (χ1n) is 8.82. The van der Waals surface area contributed by atoms with Crippen LogP contribution >= 0.6 is 0 Å². The van der Waals surface area contributed by atoms with Crippen LogP contribution in [0.1, 0.15) is 18.1 Å². The second-order valence-electron chi connectivity index (χ2n) is 6.62. The van der Waals surface area contributed by atoms with Gasteiger partial charge in [0, 0.05) is 11.9 Å². The number of sulfonamides is 1. The fourth-order valence-corrected chi connectivity index (χ4v) is 5.45. The summed E-state index contributed by atoms with van der Waals surface area (Å²) < 4.78 is 67.3. The lowest BCUT2D eigenvalue weighted by atomic mass is 10.1. The molecule has 0 atom stereocenters. The van der Waals surface area contributed by atoms with Crippen molar-refractivity contribution in [3.05, 3.63) is 59.5 Å². The Bertz CT molecular complexity index is 1340. The number of anilines is 1. The second kappa shape index (κ2) is 7.73. The van der Waals surface area contributed by atoms with Crippen molar-refractivity contribution in [2.24, 2.45) is 0 Å². The molecule has 0 aliphatic rings. The van der Waals surface area contributed by atoms with Crippen molar-refractivity contribution in [1.82, 2.24) is 4.40 Å². The van der Waals surface area contributed by atoms with E-state index in [0.717, 1.165) is 16.7 Å². The van der Waals surface area contributed by atoms with Crippen LogP contribution < -0.4 is 4.72 Å². The average Bonchev–Trinajstić information content (AvgIpc) is 2.93. The van der Waals surface area contributed by atoms with Crippen LogP contribution in [-0.2, 0) is 31.1 Å². The standard InChI is InChI=1S/C19H19FN2O6S2/c1-3-29(25,26)21-14-5-7-15(8-6-14)30(27,28)19-12(2)16(10-18(23)24)17-9-4-13(20)11-22(17)19/h4-9,11,21H,3,10H2,1-2H3,(H,23,24). The number of aliphatic carboxylic acids is 1. The maximum Gasteiger partial charge on any atom is 0.307 e. The summed E-state index contributed by atoms with van der Waals surface area (Å²) in [6.45, 7) is 2.94. The summed E-state index contributed by atoms with van der Waals surface area (Å²) in [7, 11) is -7.69. The third-order valence-electron chi connectivity index (χ3n) is 4.61. The molecule has 0 bridgehead atoms. The number of benzene rings is 1. The number of nitrogens with zero attached hydrogens (tertiary/aromatic N) is 1. The first kappa shape index (κ1) is 21.8. The lowest BCUT2D eigenvalue weighted by Gasteiger charge is -2.09. The molecule has 8 nitrogen and oxygen atoms in total. The van der Waals surface area contributed by atoms with E-state index in [0.29, 0.717) is 0 Å². The Hall–Kier alpha value is -2.92. The Labute approximate surface area is 172 Å². The van der Waals surface area contributed by atoms with Gasteiger partial charge in [0.2, 0.25) is 19.9 Å². The van der Waals surface area contributed by atoms with Crippen molar-refractivity contribution in [2.75, 3.05) is 10.5 Å². The van der Waals surface area contributed by atoms with E-state index < -0.39 is 38.1 Å². The van der Waals surface area contributed by atoms with Crippen molar-refractivity contribution < 1.29 is 31.1 Å². The largest absolute Gasteiger partial charge is 0.481 e. The predicted molar refractivity (Wildman–Crippen MR) is 108 cm³/mol. The summed E-state index contributed by atoms with van der Waals surface area (Å²) in [5.41, 5.74) is 0.958. The number of carbonyl (C=O) groups is 1. The van der Waals surface area contributed by atoms with Crippen molar-refractivity contribution in [2.45, 2.75) is 30.2 Å². The SMILES string of the molecule is CCS(=O)(=O)Nc1ccc(S(=O)(=O)c2c(C)c(CC(=O)O)c3ccc(F)cn23)cc1. The third-order valence-corrected chi connectivity index (χ3v) is 7.83. The fraction of sp³-hybridized carbons (Fsp3) is 0.211. The number of sulfone groups is 1. The highest BCUT2D eigenvalue weighted by atomic mass is 32.2. The van der Waals surface area contributed by atoms with Gasteiger partial charge < -0.3 is 9.51 Å². The molecule has 3 rings (SSSR count). The minimum Gasteiger partial charge on any atom is -0.481 e. The van der Waals surface area contributed by atoms with Gasteiger partial charge in [-0.1, -0.05) is 0 Å². The Balaban J connectivity index is 2.16. The lowest BCUT2D eigenvalue weighted by Crippen LogP contribution is -2.14. The van der Waals surface area contributed by atoms with E-state index in [1.54, 1.807) is 0 Å². The van der Waals surface area contributed by atoms with Crippen molar-refractivity contribution in [3.8, 4) is 0 Å². The van der Waals surface area contributed by atoms with E-state index in [9.17, 15) is 31.1 Å². The van der Waals surface area contributed by atoms with Gasteiger partial charge in [0.15, 0.2) is 0 Å². The van der Waals surface area contributed by atoms with Crippen LogP contribution in [0, 0.1) is 12.7 Å². The van der Waals surface area contributed by atoms with E-state index >= 15 is 0 Å². The van der Waals surface area contributed by atoms with Gasteiger partial charge in [-0.3, -0.25) is 9.52 Å². The van der Waals surface area contributed by atoms with Gasteiger partial charge in [-0.2, -0.15) is 0 Å². The number of fused-ring (bicyclic) bond motifs is 1. The van der Waals surface area contributed by atoms with E-state index in [1.807, 2.05) is 0 Å². The van der Waals surface area contributed by atoms with E-state index in [-0.39, 0.29) is 38.0 Å². The normalized spacial score (nSPS) is 12.2. The molecule has 0 spiro atoms. The Morgan fingerprint density at radius 3 is 2.30 bits per heavy atom. The van der Waals surface area contributed by atoms with Gasteiger partial charge in [-0.25, -0.2) is 21.2 Å². The van der Waals surface area contributed by atoms with Crippen LogP contribution in [0.25, 0.3) is 5.52 Å². The van der Waals surface area contributed by atoms with E-state index in [2.05, 4.69) is 4.72 Å². The summed E-state index contributed by atoms with van der Waals surface area (Å²) >= 11 is 0. The molecular weight excluding hydrogens is 435 g/mol. The number of hydrogen-bond acceptors (Lipinski definition) is 5. The number of carboxylic acids is 1. The Morgan fingerprint density at radius 1 is 1.10 bits per heavy atom. The first-order chi connectivity index (χ1) is 14.0. The minimum absolute atomic E-state index is 0.139. The highest BCUT2D eigenvalue weighted by Crippen LogP contribution is 2.32. The van der Waals surface area contributed by atoms with Gasteiger partial charge in [-0.05, 0) is 61.4 Å². The topological polar surface area (TPSA) is 122 Å². The molecular formula is C19H19FN2O6S2. The van der Waals surface area contributed by atoms with E-state index in [4.69, 9.17) is 0 Å².